The predicted octanol–water partition coefficient (Wildman–Crippen LogP) is 3.77. The van der Waals surface area contributed by atoms with Gasteiger partial charge in [-0.1, -0.05) is 49.4 Å². The van der Waals surface area contributed by atoms with E-state index in [0.717, 1.165) is 31.2 Å². The van der Waals surface area contributed by atoms with Crippen LogP contribution in [0, 0.1) is 0 Å². The van der Waals surface area contributed by atoms with E-state index >= 15 is 0 Å². The number of nitrogens with zero attached hydrogens (tertiary/aromatic N) is 4. The largest absolute Gasteiger partial charge is 0.424 e. The number of hydrogen-bond donors (Lipinski definition) is 3. The van der Waals surface area contributed by atoms with E-state index in [1.54, 1.807) is 24.4 Å². The summed E-state index contributed by atoms with van der Waals surface area (Å²) in [5.41, 5.74) is 1.85. The molecule has 4 atom stereocenters. The van der Waals surface area contributed by atoms with Gasteiger partial charge in [0.25, 0.3) is 0 Å². The van der Waals surface area contributed by atoms with Crippen molar-refractivity contribution in [2.24, 2.45) is 0 Å². The molecule has 11 nitrogen and oxygen atoms in total. The molecule has 3 aromatic rings. The van der Waals surface area contributed by atoms with E-state index in [0.29, 0.717) is 22.2 Å². The molecule has 0 bridgehead atoms. The summed E-state index contributed by atoms with van der Waals surface area (Å²) in [5, 5.41) is 9.14. The molecule has 40 heavy (non-hydrogen) atoms. The summed E-state index contributed by atoms with van der Waals surface area (Å²) in [6, 6.07) is 9.76. The second kappa shape index (κ2) is 11.0. The number of aromatic nitrogens is 3. The third-order valence-electron chi connectivity index (χ3n) is 7.20. The molecule has 12 heteroatoms. The first-order valence-electron chi connectivity index (χ1n) is 13.1. The SMILES string of the molecule is C=CC(=O)N[C@H]1CCCC[C@H]1NC(=O)C1Sc2nccc3c2C1NC(=O)N3c1cnc(Oc2ccccc2)nc1. The van der Waals surface area contributed by atoms with Gasteiger partial charge >= 0.3 is 12.0 Å². The van der Waals surface area contributed by atoms with Crippen LogP contribution in [0.5, 0.6) is 11.8 Å². The van der Waals surface area contributed by atoms with Crippen LogP contribution in [0.25, 0.3) is 0 Å². The number of amides is 4. The Morgan fingerprint density at radius 2 is 1.77 bits per heavy atom. The third kappa shape index (κ3) is 4.97. The molecule has 1 aliphatic carbocycles. The lowest BCUT2D eigenvalue weighted by Gasteiger charge is -2.35. The molecular formula is C28H27N7O4S. The summed E-state index contributed by atoms with van der Waals surface area (Å²) >= 11 is 1.32. The van der Waals surface area contributed by atoms with Crippen molar-refractivity contribution >= 4 is 41.0 Å². The molecule has 0 spiro atoms. The maximum Gasteiger partial charge on any atom is 0.327 e. The standard InChI is InChI=1S/C28H27N7O4S/c1-2-21(36)32-18-10-6-7-11-19(18)33-25(37)24-23-22-20(12-13-29-26(22)40-24)35(28(38)34-23)16-14-30-27(31-15-16)39-17-8-4-3-5-9-17/h2-5,8-9,12-15,18-19,23-24H,1,6-7,10-11H2,(H,32,36)(H,33,37)(H,34,38)/t18-,19+,23?,24?/m0/s1. The number of carbonyl (C=O) groups is 3. The molecule has 3 N–H and O–H groups in total. The summed E-state index contributed by atoms with van der Waals surface area (Å²) in [6.07, 6.45) is 9.37. The monoisotopic (exact) mass is 557 g/mol. The Morgan fingerprint density at radius 1 is 1.05 bits per heavy atom. The van der Waals surface area contributed by atoms with Crippen molar-refractivity contribution in [3.8, 4) is 11.8 Å². The molecule has 6 rings (SSSR count). The number of rotatable bonds is 7. The van der Waals surface area contributed by atoms with Gasteiger partial charge in [-0.15, -0.1) is 0 Å². The average molecular weight is 558 g/mol. The van der Waals surface area contributed by atoms with Gasteiger partial charge in [0, 0.05) is 23.8 Å². The van der Waals surface area contributed by atoms with Crippen molar-refractivity contribution in [1.82, 2.24) is 30.9 Å². The summed E-state index contributed by atoms with van der Waals surface area (Å²) in [4.78, 5) is 53.4. The Morgan fingerprint density at radius 3 is 2.50 bits per heavy atom. The summed E-state index contributed by atoms with van der Waals surface area (Å²) in [7, 11) is 0. The fourth-order valence-corrected chi connectivity index (χ4v) is 6.57. The molecule has 2 unspecified atom stereocenters. The van der Waals surface area contributed by atoms with Crippen LogP contribution < -0.4 is 25.6 Å². The molecule has 1 aromatic carbocycles. The first kappa shape index (κ1) is 25.8. The van der Waals surface area contributed by atoms with Crippen molar-refractivity contribution in [1.29, 1.82) is 0 Å². The van der Waals surface area contributed by atoms with Crippen molar-refractivity contribution in [2.45, 2.75) is 54.1 Å². The van der Waals surface area contributed by atoms with Gasteiger partial charge in [-0.25, -0.2) is 19.7 Å². The Labute approximate surface area is 234 Å². The maximum atomic E-state index is 13.5. The quantitative estimate of drug-likeness (QED) is 0.373. The number of carbonyl (C=O) groups excluding carboxylic acids is 3. The molecular weight excluding hydrogens is 530 g/mol. The molecule has 2 aromatic heterocycles. The molecule has 3 aliphatic rings. The maximum absolute atomic E-state index is 13.5. The van der Waals surface area contributed by atoms with Crippen molar-refractivity contribution in [2.75, 3.05) is 4.90 Å². The highest BCUT2D eigenvalue weighted by Gasteiger charge is 2.47. The lowest BCUT2D eigenvalue weighted by atomic mass is 9.89. The Bertz CT molecular complexity index is 1450. The van der Waals surface area contributed by atoms with Gasteiger partial charge in [0.05, 0.1) is 29.8 Å². The second-order valence-electron chi connectivity index (χ2n) is 9.71. The Kier molecular flexibility index (Phi) is 7.08. The minimum absolute atomic E-state index is 0.155. The van der Waals surface area contributed by atoms with Crippen LogP contribution in [0.15, 0.2) is 72.7 Å². The Balaban J connectivity index is 1.21. The highest BCUT2D eigenvalue weighted by atomic mass is 32.2. The van der Waals surface area contributed by atoms with Crippen molar-refractivity contribution in [3.63, 3.8) is 0 Å². The van der Waals surface area contributed by atoms with Crippen molar-refractivity contribution < 1.29 is 19.1 Å². The zero-order valence-corrected chi connectivity index (χ0v) is 22.3. The van der Waals surface area contributed by atoms with Crippen LogP contribution in [-0.2, 0) is 9.59 Å². The average Bonchev–Trinajstić information content (AvgIpc) is 3.35. The number of hydrogen-bond acceptors (Lipinski definition) is 8. The molecule has 0 saturated heterocycles. The van der Waals surface area contributed by atoms with E-state index in [-0.39, 0.29) is 29.9 Å². The first-order chi connectivity index (χ1) is 19.5. The van der Waals surface area contributed by atoms with Gasteiger partial charge in [-0.05, 0) is 37.1 Å². The van der Waals surface area contributed by atoms with Gasteiger partial charge in [0.1, 0.15) is 16.0 Å². The molecule has 1 saturated carbocycles. The van der Waals surface area contributed by atoms with E-state index in [9.17, 15) is 14.4 Å². The molecule has 2 aliphatic heterocycles. The van der Waals surface area contributed by atoms with Gasteiger partial charge in [0.2, 0.25) is 11.8 Å². The third-order valence-corrected chi connectivity index (χ3v) is 8.48. The van der Waals surface area contributed by atoms with Crippen molar-refractivity contribution in [3.05, 3.63) is 73.2 Å². The van der Waals surface area contributed by atoms with Crippen LogP contribution in [0.4, 0.5) is 16.2 Å². The van der Waals surface area contributed by atoms with Crippen LogP contribution >= 0.6 is 11.8 Å². The summed E-state index contributed by atoms with van der Waals surface area (Å²) in [6.45, 7) is 3.52. The minimum atomic E-state index is -0.606. The first-order valence-corrected chi connectivity index (χ1v) is 13.9. The van der Waals surface area contributed by atoms with Crippen LogP contribution in [0.1, 0.15) is 37.3 Å². The number of thioether (sulfide) groups is 1. The molecule has 1 fully saturated rings. The number of nitrogens with one attached hydrogen (secondary N) is 3. The topological polar surface area (TPSA) is 138 Å². The number of anilines is 2. The smallest absolute Gasteiger partial charge is 0.327 e. The molecule has 0 radical (unpaired) electrons. The lowest BCUT2D eigenvalue weighted by molar-refractivity contribution is -0.123. The van der Waals surface area contributed by atoms with Gasteiger partial charge in [-0.3, -0.25) is 14.5 Å². The van der Waals surface area contributed by atoms with Gasteiger partial charge in [-0.2, -0.15) is 0 Å². The number of ether oxygens (including phenoxy) is 1. The number of urea groups is 1. The van der Waals surface area contributed by atoms with Crippen LogP contribution in [0.3, 0.4) is 0 Å². The summed E-state index contributed by atoms with van der Waals surface area (Å²) < 4.78 is 5.67. The highest BCUT2D eigenvalue weighted by Crippen LogP contribution is 2.50. The normalized spacial score (nSPS) is 23.0. The molecule has 204 valence electrons. The molecule has 4 amide bonds. The van der Waals surface area contributed by atoms with Gasteiger partial charge in [0.15, 0.2) is 0 Å². The van der Waals surface area contributed by atoms with E-state index in [1.165, 1.54) is 35.1 Å². The fourth-order valence-electron chi connectivity index (χ4n) is 5.34. The van der Waals surface area contributed by atoms with Gasteiger partial charge < -0.3 is 20.7 Å². The van der Waals surface area contributed by atoms with E-state index < -0.39 is 17.3 Å². The van der Waals surface area contributed by atoms with E-state index in [2.05, 4.69) is 37.5 Å². The zero-order valence-electron chi connectivity index (χ0n) is 21.4. The predicted molar refractivity (Wildman–Crippen MR) is 148 cm³/mol. The lowest BCUT2D eigenvalue weighted by Crippen LogP contribution is -2.56. The van der Waals surface area contributed by atoms with Crippen LogP contribution in [0.2, 0.25) is 0 Å². The zero-order chi connectivity index (χ0) is 27.6. The minimum Gasteiger partial charge on any atom is -0.424 e. The molecule has 4 heterocycles. The summed E-state index contributed by atoms with van der Waals surface area (Å²) in [5.74, 6) is 0.138. The number of para-hydroxylation sites is 1. The number of pyridine rings is 1. The number of benzene rings is 1. The second-order valence-corrected chi connectivity index (χ2v) is 10.8. The van der Waals surface area contributed by atoms with E-state index in [1.807, 2.05) is 18.2 Å². The van der Waals surface area contributed by atoms with Crippen LogP contribution in [-0.4, -0.2) is 50.1 Å². The van der Waals surface area contributed by atoms with E-state index in [4.69, 9.17) is 4.74 Å². The highest BCUT2D eigenvalue weighted by molar-refractivity contribution is 8.01. The Hall–Kier alpha value is -4.45. The fraction of sp³-hybridized carbons (Fsp3) is 0.286.